The van der Waals surface area contributed by atoms with Gasteiger partial charge in [-0.2, -0.15) is 0 Å². The van der Waals surface area contributed by atoms with Gasteiger partial charge >= 0.3 is 0 Å². The third-order valence-electron chi connectivity index (χ3n) is 2.61. The summed E-state index contributed by atoms with van der Waals surface area (Å²) in [6, 6.07) is 8.35. The van der Waals surface area contributed by atoms with E-state index in [1.165, 1.54) is 16.5 Å². The van der Waals surface area contributed by atoms with Crippen molar-refractivity contribution in [1.29, 1.82) is 0 Å². The van der Waals surface area contributed by atoms with Crippen LogP contribution in [-0.4, -0.2) is 4.68 Å². The molecule has 0 aliphatic rings. The Balaban J connectivity index is 2.90. The Hall–Kier alpha value is -1.44. The highest BCUT2D eigenvalue weighted by Gasteiger charge is 2.08. The molecule has 2 aromatic rings. The molecule has 0 saturated carbocycles. The van der Waals surface area contributed by atoms with Crippen molar-refractivity contribution in [1.82, 2.24) is 4.68 Å². The van der Waals surface area contributed by atoms with Crippen molar-refractivity contribution in [3.8, 4) is 0 Å². The average molecular weight is 174 g/mol. The Morgan fingerprint density at radius 2 is 1.85 bits per heavy atom. The summed E-state index contributed by atoms with van der Waals surface area (Å²) in [6.07, 6.45) is 0.977. The van der Waals surface area contributed by atoms with Crippen LogP contribution in [0.2, 0.25) is 0 Å². The highest BCUT2D eigenvalue weighted by molar-refractivity contribution is 5.88. The molecule has 1 aromatic carbocycles. The smallest absolute Gasteiger partial charge is 0.0470 e. The summed E-state index contributed by atoms with van der Waals surface area (Å²) in [5.74, 6) is 5.94. The minimum Gasteiger partial charge on any atom is -0.339 e. The summed E-state index contributed by atoms with van der Waals surface area (Å²) in [6.45, 7) is 4.19. The lowest BCUT2D eigenvalue weighted by molar-refractivity contribution is 0.874. The van der Waals surface area contributed by atoms with E-state index >= 15 is 0 Å². The molecular formula is C11H14N2. The van der Waals surface area contributed by atoms with Crippen LogP contribution in [0, 0.1) is 6.92 Å². The number of nitrogens with two attached hydrogens (primary N) is 1. The number of rotatable bonds is 1. The van der Waals surface area contributed by atoms with E-state index in [1.807, 2.05) is 0 Å². The first-order chi connectivity index (χ1) is 6.25. The molecule has 2 N–H and O–H groups in total. The van der Waals surface area contributed by atoms with Gasteiger partial charge in [0, 0.05) is 22.2 Å². The number of fused-ring (bicyclic) bond motifs is 1. The number of benzene rings is 1. The molecule has 0 bridgehead atoms. The topological polar surface area (TPSA) is 30.9 Å². The van der Waals surface area contributed by atoms with Gasteiger partial charge in [-0.05, 0) is 13.3 Å². The first-order valence-corrected chi connectivity index (χ1v) is 4.59. The molecule has 0 spiro atoms. The third-order valence-corrected chi connectivity index (χ3v) is 2.61. The number of aromatic nitrogens is 1. The van der Waals surface area contributed by atoms with Crippen molar-refractivity contribution in [3.05, 3.63) is 35.7 Å². The zero-order valence-corrected chi connectivity index (χ0v) is 8.04. The minimum absolute atomic E-state index is 0.977. The third kappa shape index (κ3) is 1.02. The van der Waals surface area contributed by atoms with Crippen LogP contribution >= 0.6 is 0 Å². The zero-order valence-electron chi connectivity index (χ0n) is 8.04. The van der Waals surface area contributed by atoms with Gasteiger partial charge in [0.2, 0.25) is 0 Å². The maximum Gasteiger partial charge on any atom is 0.0470 e. The lowest BCUT2D eigenvalue weighted by Crippen LogP contribution is -2.12. The van der Waals surface area contributed by atoms with E-state index in [1.54, 1.807) is 4.68 Å². The summed E-state index contributed by atoms with van der Waals surface area (Å²) in [4.78, 5) is 0. The largest absolute Gasteiger partial charge is 0.339 e. The molecule has 0 unspecified atom stereocenters. The predicted molar refractivity (Wildman–Crippen MR) is 56.2 cm³/mol. The molecule has 0 saturated heterocycles. The number of aryl methyl sites for hydroxylation is 2. The molecule has 68 valence electrons. The van der Waals surface area contributed by atoms with Crippen molar-refractivity contribution in [2.24, 2.45) is 0 Å². The highest BCUT2D eigenvalue weighted by Crippen LogP contribution is 2.23. The predicted octanol–water partition coefficient (Wildman–Crippen LogP) is 2.23. The number of nitrogens with zero attached hydrogens (tertiary/aromatic N) is 1. The van der Waals surface area contributed by atoms with Gasteiger partial charge in [-0.15, -0.1) is 0 Å². The second kappa shape index (κ2) is 2.80. The normalized spacial score (nSPS) is 10.9. The Morgan fingerprint density at radius 3 is 2.46 bits per heavy atom. The summed E-state index contributed by atoms with van der Waals surface area (Å²) in [5.41, 5.74) is 2.36. The fourth-order valence-corrected chi connectivity index (χ4v) is 1.87. The quantitative estimate of drug-likeness (QED) is 0.660. The van der Waals surface area contributed by atoms with Crippen LogP contribution in [-0.2, 0) is 6.42 Å². The fraction of sp³-hybridized carbons (Fsp3) is 0.273. The molecule has 1 aromatic heterocycles. The Morgan fingerprint density at radius 1 is 1.23 bits per heavy atom. The van der Waals surface area contributed by atoms with Gasteiger partial charge in [0.1, 0.15) is 0 Å². The molecule has 1 heterocycles. The van der Waals surface area contributed by atoms with E-state index in [2.05, 4.69) is 38.1 Å². The lowest BCUT2D eigenvalue weighted by atomic mass is 10.1. The van der Waals surface area contributed by atoms with Crippen LogP contribution in [0.5, 0.6) is 0 Å². The van der Waals surface area contributed by atoms with E-state index in [0.29, 0.717) is 0 Å². The Kier molecular flexibility index (Phi) is 1.76. The SMILES string of the molecule is CCc1c2ccccc2c(C)n1N. The molecule has 0 fully saturated rings. The highest BCUT2D eigenvalue weighted by atomic mass is 15.3. The van der Waals surface area contributed by atoms with Crippen LogP contribution in [0.15, 0.2) is 24.3 Å². The summed E-state index contributed by atoms with van der Waals surface area (Å²) in [5, 5.41) is 2.55. The molecule has 13 heavy (non-hydrogen) atoms. The van der Waals surface area contributed by atoms with E-state index < -0.39 is 0 Å². The van der Waals surface area contributed by atoms with Gasteiger partial charge < -0.3 is 5.84 Å². The van der Waals surface area contributed by atoms with Gasteiger partial charge in [0.15, 0.2) is 0 Å². The van der Waals surface area contributed by atoms with Gasteiger partial charge in [0.05, 0.1) is 0 Å². The van der Waals surface area contributed by atoms with Crippen molar-refractivity contribution < 1.29 is 0 Å². The maximum absolute atomic E-state index is 5.94. The van der Waals surface area contributed by atoms with Gasteiger partial charge in [-0.1, -0.05) is 31.2 Å². The van der Waals surface area contributed by atoms with Gasteiger partial charge in [0.25, 0.3) is 0 Å². The monoisotopic (exact) mass is 174 g/mol. The Bertz CT molecular complexity index is 441. The van der Waals surface area contributed by atoms with E-state index in [0.717, 1.165) is 12.1 Å². The first kappa shape index (κ1) is 8.17. The zero-order chi connectivity index (χ0) is 9.42. The second-order valence-electron chi connectivity index (χ2n) is 3.30. The van der Waals surface area contributed by atoms with E-state index in [9.17, 15) is 0 Å². The van der Waals surface area contributed by atoms with Crippen molar-refractivity contribution in [2.75, 3.05) is 5.84 Å². The van der Waals surface area contributed by atoms with E-state index in [-0.39, 0.29) is 0 Å². The van der Waals surface area contributed by atoms with Crippen LogP contribution in [0.4, 0.5) is 0 Å². The van der Waals surface area contributed by atoms with Crippen LogP contribution in [0.25, 0.3) is 10.8 Å². The van der Waals surface area contributed by atoms with Crippen molar-refractivity contribution in [2.45, 2.75) is 20.3 Å². The van der Waals surface area contributed by atoms with Gasteiger partial charge in [-0.25, -0.2) is 0 Å². The molecule has 2 heteroatoms. The average Bonchev–Trinajstić information content (AvgIpc) is 2.41. The van der Waals surface area contributed by atoms with Crippen molar-refractivity contribution >= 4 is 10.8 Å². The molecule has 0 atom stereocenters. The number of nitrogen functional groups attached to an aromatic ring is 1. The summed E-state index contributed by atoms with van der Waals surface area (Å²) < 4.78 is 1.80. The van der Waals surface area contributed by atoms with Crippen LogP contribution in [0.3, 0.4) is 0 Å². The van der Waals surface area contributed by atoms with Crippen LogP contribution < -0.4 is 5.84 Å². The van der Waals surface area contributed by atoms with E-state index in [4.69, 9.17) is 5.84 Å². The molecular weight excluding hydrogens is 160 g/mol. The van der Waals surface area contributed by atoms with Crippen molar-refractivity contribution in [3.63, 3.8) is 0 Å². The molecule has 0 aliphatic heterocycles. The molecule has 0 amide bonds. The van der Waals surface area contributed by atoms with Crippen LogP contribution in [0.1, 0.15) is 18.3 Å². The molecule has 0 aliphatic carbocycles. The Labute approximate surface area is 77.9 Å². The second-order valence-corrected chi connectivity index (χ2v) is 3.30. The fourth-order valence-electron chi connectivity index (χ4n) is 1.87. The summed E-state index contributed by atoms with van der Waals surface area (Å²) in [7, 11) is 0. The summed E-state index contributed by atoms with van der Waals surface area (Å²) >= 11 is 0. The van der Waals surface area contributed by atoms with Gasteiger partial charge in [-0.3, -0.25) is 4.68 Å². The molecule has 2 rings (SSSR count). The minimum atomic E-state index is 0.977. The number of hydrogen-bond donors (Lipinski definition) is 1. The molecule has 2 nitrogen and oxygen atoms in total. The number of hydrogen-bond acceptors (Lipinski definition) is 1. The standard InChI is InChI=1S/C11H14N2/c1-3-11-10-7-5-4-6-9(10)8(2)13(11)12/h4-7H,3,12H2,1-2H3. The maximum atomic E-state index is 5.94. The molecule has 0 radical (unpaired) electrons. The first-order valence-electron chi connectivity index (χ1n) is 4.59. The lowest BCUT2D eigenvalue weighted by Gasteiger charge is -2.00.